The van der Waals surface area contributed by atoms with Crippen molar-refractivity contribution in [1.29, 1.82) is 0 Å². The second-order valence-electron chi connectivity index (χ2n) is 3.74. The maximum Gasteiger partial charge on any atom is 0.358 e. The van der Waals surface area contributed by atoms with Gasteiger partial charge in [-0.3, -0.25) is 9.48 Å². The van der Waals surface area contributed by atoms with E-state index in [1.807, 2.05) is 0 Å². The number of carbonyl (C=O) groups excluding carboxylic acids is 2. The average molecular weight is 280 g/mol. The molecule has 8 heteroatoms. The highest BCUT2D eigenvalue weighted by Gasteiger charge is 2.22. The van der Waals surface area contributed by atoms with Crippen LogP contribution in [0.25, 0.3) is 0 Å². The number of ketones is 1. The average Bonchev–Trinajstić information content (AvgIpc) is 2.95. The topological polar surface area (TPSA) is 86.1 Å². The van der Waals surface area contributed by atoms with E-state index in [1.165, 1.54) is 14.0 Å². The lowest BCUT2D eigenvalue weighted by Crippen LogP contribution is -2.07. The van der Waals surface area contributed by atoms with Gasteiger partial charge in [0.2, 0.25) is 0 Å². The van der Waals surface area contributed by atoms with E-state index in [1.54, 1.807) is 24.0 Å². The first kappa shape index (κ1) is 13.2. The third-order valence-electron chi connectivity index (χ3n) is 2.27. The molecule has 0 saturated carbocycles. The van der Waals surface area contributed by atoms with Gasteiger partial charge in [0, 0.05) is 26.2 Å². The Bertz CT molecular complexity index is 632. The minimum atomic E-state index is -0.629. The molecule has 0 aliphatic carbocycles. The van der Waals surface area contributed by atoms with E-state index in [0.29, 0.717) is 10.9 Å². The van der Waals surface area contributed by atoms with Crippen LogP contribution in [-0.4, -0.2) is 33.6 Å². The van der Waals surface area contributed by atoms with E-state index in [9.17, 15) is 9.59 Å². The van der Waals surface area contributed by atoms with Gasteiger partial charge in [-0.25, -0.2) is 9.78 Å². The molecule has 2 heterocycles. The molecule has 0 amide bonds. The molecule has 1 N–H and O–H groups in total. The third kappa shape index (κ3) is 2.79. The zero-order valence-corrected chi connectivity index (χ0v) is 11.4. The number of hydrogen-bond acceptors (Lipinski definition) is 7. The number of Topliss-reactive ketones (excluding diaryl/α,β-unsaturated/α-hetero) is 1. The molecule has 2 aromatic heterocycles. The SMILES string of the molecule is COC(=O)c1nc(Nc2ccn(C)n2)sc1C(C)=O. The van der Waals surface area contributed by atoms with Crippen molar-refractivity contribution in [2.75, 3.05) is 12.4 Å². The van der Waals surface area contributed by atoms with Crippen LogP contribution < -0.4 is 5.32 Å². The van der Waals surface area contributed by atoms with Crippen molar-refractivity contribution in [2.24, 2.45) is 7.05 Å². The Hall–Kier alpha value is -2.22. The number of aryl methyl sites for hydroxylation is 1. The summed E-state index contributed by atoms with van der Waals surface area (Å²) in [5.41, 5.74) is 0.0263. The summed E-state index contributed by atoms with van der Waals surface area (Å²) in [6, 6.07) is 1.76. The lowest BCUT2D eigenvalue weighted by Gasteiger charge is -1.96. The van der Waals surface area contributed by atoms with Crippen molar-refractivity contribution in [1.82, 2.24) is 14.8 Å². The summed E-state index contributed by atoms with van der Waals surface area (Å²) in [5, 5.41) is 7.48. The number of ether oxygens (including phenoxy) is 1. The second-order valence-corrected chi connectivity index (χ2v) is 4.74. The molecule has 0 atom stereocenters. The fraction of sp³-hybridized carbons (Fsp3) is 0.273. The first-order chi connectivity index (χ1) is 9.01. The molecule has 7 nitrogen and oxygen atoms in total. The third-order valence-corrected chi connectivity index (χ3v) is 3.35. The molecule has 0 aliphatic rings. The first-order valence-corrected chi connectivity index (χ1v) is 6.19. The second kappa shape index (κ2) is 5.19. The van der Waals surface area contributed by atoms with Gasteiger partial charge >= 0.3 is 5.97 Å². The number of hydrogen-bond donors (Lipinski definition) is 1. The summed E-state index contributed by atoms with van der Waals surface area (Å²) in [7, 11) is 3.03. The number of carbonyl (C=O) groups is 2. The van der Waals surface area contributed by atoms with Gasteiger partial charge in [0.1, 0.15) is 4.88 Å². The van der Waals surface area contributed by atoms with Crippen LogP contribution in [0.3, 0.4) is 0 Å². The van der Waals surface area contributed by atoms with E-state index < -0.39 is 5.97 Å². The maximum absolute atomic E-state index is 11.5. The van der Waals surface area contributed by atoms with Crippen molar-refractivity contribution < 1.29 is 14.3 Å². The van der Waals surface area contributed by atoms with Gasteiger partial charge in [-0.05, 0) is 0 Å². The van der Waals surface area contributed by atoms with Crippen LogP contribution >= 0.6 is 11.3 Å². The monoisotopic (exact) mass is 280 g/mol. The molecule has 19 heavy (non-hydrogen) atoms. The van der Waals surface area contributed by atoms with E-state index in [0.717, 1.165) is 11.3 Å². The minimum absolute atomic E-state index is 0.0263. The normalized spacial score (nSPS) is 10.3. The summed E-state index contributed by atoms with van der Waals surface area (Å²) >= 11 is 1.09. The Kier molecular flexibility index (Phi) is 3.61. The Morgan fingerprint density at radius 1 is 1.47 bits per heavy atom. The molecule has 0 aliphatic heterocycles. The molecule has 2 aromatic rings. The molecule has 0 saturated heterocycles. The smallest absolute Gasteiger partial charge is 0.358 e. The number of nitrogens with one attached hydrogen (secondary N) is 1. The molecule has 0 unspecified atom stereocenters. The zero-order valence-electron chi connectivity index (χ0n) is 10.6. The van der Waals surface area contributed by atoms with E-state index in [2.05, 4.69) is 20.1 Å². The van der Waals surface area contributed by atoms with Crippen LogP contribution in [0, 0.1) is 0 Å². The first-order valence-electron chi connectivity index (χ1n) is 5.38. The molecule has 2 rings (SSSR count). The maximum atomic E-state index is 11.5. The quantitative estimate of drug-likeness (QED) is 0.676. The molecular formula is C11H12N4O3S. The molecule has 0 radical (unpaired) electrons. The predicted molar refractivity (Wildman–Crippen MR) is 69.9 cm³/mol. The fourth-order valence-corrected chi connectivity index (χ4v) is 2.29. The predicted octanol–water partition coefficient (Wildman–Crippen LogP) is 1.61. The van der Waals surface area contributed by atoms with Crippen LogP contribution in [0.15, 0.2) is 12.3 Å². The molecule has 0 aromatic carbocycles. The Labute approximate surface area is 113 Å². The lowest BCUT2D eigenvalue weighted by molar-refractivity contribution is 0.0591. The van der Waals surface area contributed by atoms with Gasteiger partial charge < -0.3 is 10.1 Å². The number of nitrogens with zero attached hydrogens (tertiary/aromatic N) is 3. The number of rotatable bonds is 4. The number of thiazole rings is 1. The number of anilines is 2. The van der Waals surface area contributed by atoms with Crippen LogP contribution in [0.2, 0.25) is 0 Å². The van der Waals surface area contributed by atoms with E-state index in [-0.39, 0.29) is 16.4 Å². The highest BCUT2D eigenvalue weighted by atomic mass is 32.1. The van der Waals surface area contributed by atoms with Crippen LogP contribution in [-0.2, 0) is 11.8 Å². The summed E-state index contributed by atoms with van der Waals surface area (Å²) in [5.74, 6) is -0.273. The number of aromatic nitrogens is 3. The van der Waals surface area contributed by atoms with Gasteiger partial charge in [-0.1, -0.05) is 11.3 Å². The Balaban J connectivity index is 2.32. The molecule has 0 bridgehead atoms. The van der Waals surface area contributed by atoms with E-state index in [4.69, 9.17) is 0 Å². The van der Waals surface area contributed by atoms with Crippen molar-refractivity contribution in [3.05, 3.63) is 22.8 Å². The van der Waals surface area contributed by atoms with Gasteiger partial charge in [-0.15, -0.1) is 0 Å². The van der Waals surface area contributed by atoms with E-state index >= 15 is 0 Å². The highest BCUT2D eigenvalue weighted by Crippen LogP contribution is 2.26. The summed E-state index contributed by atoms with van der Waals surface area (Å²) < 4.78 is 6.23. The lowest BCUT2D eigenvalue weighted by atomic mass is 10.3. The van der Waals surface area contributed by atoms with Crippen molar-refractivity contribution in [2.45, 2.75) is 6.92 Å². The van der Waals surface area contributed by atoms with Crippen molar-refractivity contribution in [3.8, 4) is 0 Å². The summed E-state index contributed by atoms with van der Waals surface area (Å²) in [6.45, 7) is 1.38. The molecule has 0 spiro atoms. The van der Waals surface area contributed by atoms with Gasteiger partial charge in [-0.2, -0.15) is 5.10 Å². The van der Waals surface area contributed by atoms with Crippen molar-refractivity contribution in [3.63, 3.8) is 0 Å². The van der Waals surface area contributed by atoms with Crippen LogP contribution in [0.1, 0.15) is 27.1 Å². The highest BCUT2D eigenvalue weighted by molar-refractivity contribution is 7.17. The Morgan fingerprint density at radius 2 is 2.21 bits per heavy atom. The minimum Gasteiger partial charge on any atom is -0.464 e. The van der Waals surface area contributed by atoms with Gasteiger partial charge in [0.15, 0.2) is 22.4 Å². The fourth-order valence-electron chi connectivity index (χ4n) is 1.44. The van der Waals surface area contributed by atoms with Gasteiger partial charge in [0.05, 0.1) is 7.11 Å². The van der Waals surface area contributed by atoms with Gasteiger partial charge in [0.25, 0.3) is 0 Å². The molecule has 100 valence electrons. The molecule has 0 fully saturated rings. The van der Waals surface area contributed by atoms with Crippen LogP contribution in [0.4, 0.5) is 10.9 Å². The largest absolute Gasteiger partial charge is 0.464 e. The molecular weight excluding hydrogens is 268 g/mol. The van der Waals surface area contributed by atoms with Crippen LogP contribution in [0.5, 0.6) is 0 Å². The number of methoxy groups -OCH3 is 1. The summed E-state index contributed by atoms with van der Waals surface area (Å²) in [6.07, 6.45) is 1.77. The van der Waals surface area contributed by atoms with Crippen molar-refractivity contribution >= 4 is 34.0 Å². The zero-order chi connectivity index (χ0) is 14.0. The Morgan fingerprint density at radius 3 is 2.74 bits per heavy atom. The number of esters is 1. The summed E-state index contributed by atoms with van der Waals surface area (Å²) in [4.78, 5) is 27.3. The standard InChI is InChI=1S/C11H12N4O3S/c1-6(16)9-8(10(17)18-3)13-11(19-9)12-7-4-5-15(2)14-7/h4-5H,1-3H3,(H,12,13,14).